The number of hydrogen-bond donors (Lipinski definition) is 1. The van der Waals surface area contributed by atoms with Crippen molar-refractivity contribution in [3.8, 4) is 0 Å². The molecular weight excluding hydrogens is 668 g/mol. The van der Waals surface area contributed by atoms with Gasteiger partial charge >= 0.3 is 0 Å². The Hall–Kier alpha value is -4.52. The Morgan fingerprint density at radius 3 is 1.65 bits per heavy atom. The third-order valence-electron chi connectivity index (χ3n) is 8.79. The van der Waals surface area contributed by atoms with Crippen LogP contribution in [0, 0.1) is 0 Å². The Kier molecular flexibility index (Phi) is 11.7. The van der Waals surface area contributed by atoms with Gasteiger partial charge in [0.25, 0.3) is 0 Å². The van der Waals surface area contributed by atoms with Gasteiger partial charge in [0.15, 0.2) is 17.0 Å². The molecule has 10 nitrogen and oxygen atoms in total. The molecule has 1 aliphatic rings. The molecule has 1 N–H and O–H groups in total. The molecule has 51 heavy (non-hydrogen) atoms. The van der Waals surface area contributed by atoms with E-state index in [1.54, 1.807) is 10.9 Å². The molecule has 3 heterocycles. The summed E-state index contributed by atoms with van der Waals surface area (Å²) in [5, 5.41) is 12.6. The molecule has 0 amide bonds. The smallest absolute Gasteiger partial charge is 0.167 e. The molecule has 7 rings (SSSR count). The van der Waals surface area contributed by atoms with Gasteiger partial charge in [-0.25, -0.2) is 15.0 Å². The molecule has 0 unspecified atom stereocenters. The molecule has 262 valence electrons. The zero-order valence-corrected chi connectivity index (χ0v) is 28.6. The zero-order chi connectivity index (χ0) is 34.8. The van der Waals surface area contributed by atoms with Crippen LogP contribution in [0.25, 0.3) is 11.2 Å². The maximum absolute atomic E-state index is 12.4. The summed E-state index contributed by atoms with van der Waals surface area (Å²) in [5.74, 6) is 0. The van der Waals surface area contributed by atoms with Gasteiger partial charge in [-0.15, -0.1) is 0 Å². The summed E-state index contributed by atoms with van der Waals surface area (Å²) in [5.41, 5.74) is 4.66. The predicted molar refractivity (Wildman–Crippen MR) is 191 cm³/mol. The number of rotatable bonds is 14. The quantitative estimate of drug-likeness (QED) is 0.124. The monoisotopic (exact) mass is 706 g/mol. The van der Waals surface area contributed by atoms with Crippen LogP contribution in [0.1, 0.15) is 28.5 Å². The van der Waals surface area contributed by atoms with Crippen LogP contribution in [0.2, 0.25) is 5.15 Å². The van der Waals surface area contributed by atoms with Crippen molar-refractivity contribution >= 4 is 22.8 Å². The number of nitrogens with zero attached hydrogens (tertiary/aromatic N) is 4. The second kappa shape index (κ2) is 17.1. The zero-order valence-electron chi connectivity index (χ0n) is 27.9. The van der Waals surface area contributed by atoms with Gasteiger partial charge < -0.3 is 28.8 Å². The second-order valence-electron chi connectivity index (χ2n) is 12.3. The van der Waals surface area contributed by atoms with Crippen LogP contribution in [-0.4, -0.2) is 61.8 Å². The fourth-order valence-corrected chi connectivity index (χ4v) is 6.40. The summed E-state index contributed by atoms with van der Waals surface area (Å²) in [4.78, 5) is 13.0. The van der Waals surface area contributed by atoms with Crippen LogP contribution in [0.3, 0.4) is 0 Å². The molecule has 0 radical (unpaired) electrons. The number of aromatic nitrogens is 4. The number of ether oxygens (including phenoxy) is 5. The number of halogens is 1. The normalized spacial score (nSPS) is 22.2. The van der Waals surface area contributed by atoms with Crippen molar-refractivity contribution in [3.63, 3.8) is 0 Å². The SMILES string of the molecule is O[C@@H]1[C@H](OCc2ccccc2)[C@@H](OCc2ccccc2)[C@H](OCc2ccccc2)[C@@H](COCc2ccccc2)O[C@H]1n1cnc2c(Cl)ncnc21. The highest BCUT2D eigenvalue weighted by molar-refractivity contribution is 6.33. The summed E-state index contributed by atoms with van der Waals surface area (Å²) < 4.78 is 35.1. The molecule has 0 saturated carbocycles. The van der Waals surface area contributed by atoms with Crippen molar-refractivity contribution in [3.05, 3.63) is 161 Å². The van der Waals surface area contributed by atoms with E-state index in [9.17, 15) is 5.11 Å². The standard InChI is InChI=1S/C40H39ClN4O6/c41-38-33-39(43-26-42-38)45(27-44-33)40-34(46)36(49-23-30-17-9-3-10-18-30)37(50-24-31-19-11-4-12-20-31)35(48-22-29-15-7-2-8-16-29)32(51-40)25-47-21-28-13-5-1-6-14-28/h1-20,26-27,32,34-37,40,46H,21-25H2/t32-,34-,35-,36+,37+,40-/m1/s1. The highest BCUT2D eigenvalue weighted by atomic mass is 35.5. The molecule has 0 spiro atoms. The Bertz CT molecular complexity index is 1940. The largest absolute Gasteiger partial charge is 0.386 e. The molecule has 1 fully saturated rings. The minimum absolute atomic E-state index is 0.122. The number of imidazole rings is 1. The average Bonchev–Trinajstić information content (AvgIpc) is 3.58. The maximum atomic E-state index is 12.4. The average molecular weight is 707 g/mol. The molecule has 4 aromatic carbocycles. The van der Waals surface area contributed by atoms with E-state index in [-0.39, 0.29) is 31.6 Å². The van der Waals surface area contributed by atoms with E-state index in [2.05, 4.69) is 15.0 Å². The highest BCUT2D eigenvalue weighted by Crippen LogP contribution is 2.36. The summed E-state index contributed by atoms with van der Waals surface area (Å²) in [6.45, 7) is 1.18. The van der Waals surface area contributed by atoms with Gasteiger partial charge in [0, 0.05) is 0 Å². The Morgan fingerprint density at radius 2 is 1.10 bits per heavy atom. The summed E-state index contributed by atoms with van der Waals surface area (Å²) in [6, 6.07) is 39.5. The lowest BCUT2D eigenvalue weighted by Crippen LogP contribution is -2.51. The number of aliphatic hydroxyl groups excluding tert-OH is 1. The molecule has 1 saturated heterocycles. The van der Waals surface area contributed by atoms with Gasteiger partial charge in [-0.1, -0.05) is 133 Å². The topological polar surface area (TPSA) is 110 Å². The number of hydrogen-bond acceptors (Lipinski definition) is 9. The molecule has 6 aromatic rings. The fraction of sp³-hybridized carbons (Fsp3) is 0.275. The van der Waals surface area contributed by atoms with E-state index in [1.165, 1.54) is 6.33 Å². The van der Waals surface area contributed by atoms with Gasteiger partial charge in [0.05, 0.1) is 39.4 Å². The first-order valence-corrected chi connectivity index (χ1v) is 17.3. The van der Waals surface area contributed by atoms with E-state index < -0.39 is 36.7 Å². The number of fused-ring (bicyclic) bond motifs is 1. The molecule has 1 aliphatic heterocycles. The lowest BCUT2D eigenvalue weighted by molar-refractivity contribution is -0.185. The molecule has 11 heteroatoms. The van der Waals surface area contributed by atoms with Crippen LogP contribution in [0.5, 0.6) is 0 Å². The molecule has 0 aliphatic carbocycles. The van der Waals surface area contributed by atoms with Crippen LogP contribution in [0.4, 0.5) is 0 Å². The number of aliphatic hydroxyl groups is 1. The molecule has 0 bridgehead atoms. The Morgan fingerprint density at radius 1 is 0.608 bits per heavy atom. The van der Waals surface area contributed by atoms with Gasteiger partial charge in [0.2, 0.25) is 0 Å². The van der Waals surface area contributed by atoms with Crippen molar-refractivity contribution in [1.82, 2.24) is 19.5 Å². The van der Waals surface area contributed by atoms with Gasteiger partial charge in [-0.05, 0) is 22.3 Å². The van der Waals surface area contributed by atoms with Gasteiger partial charge in [0.1, 0.15) is 42.4 Å². The van der Waals surface area contributed by atoms with Gasteiger partial charge in [-0.3, -0.25) is 4.57 Å². The Balaban J connectivity index is 1.29. The van der Waals surface area contributed by atoms with Crippen molar-refractivity contribution in [2.24, 2.45) is 0 Å². The van der Waals surface area contributed by atoms with Crippen LogP contribution in [-0.2, 0) is 50.1 Å². The van der Waals surface area contributed by atoms with Crippen molar-refractivity contribution in [1.29, 1.82) is 0 Å². The van der Waals surface area contributed by atoms with E-state index in [0.717, 1.165) is 22.3 Å². The lowest BCUT2D eigenvalue weighted by Gasteiger charge is -2.35. The predicted octanol–water partition coefficient (Wildman–Crippen LogP) is 6.71. The van der Waals surface area contributed by atoms with Crippen LogP contribution < -0.4 is 0 Å². The summed E-state index contributed by atoms with van der Waals surface area (Å²) >= 11 is 6.41. The highest BCUT2D eigenvalue weighted by Gasteiger charge is 2.49. The van der Waals surface area contributed by atoms with E-state index in [1.807, 2.05) is 121 Å². The summed E-state index contributed by atoms with van der Waals surface area (Å²) in [7, 11) is 0. The molecule has 6 atom stereocenters. The van der Waals surface area contributed by atoms with Crippen molar-refractivity contribution in [2.45, 2.75) is 63.2 Å². The minimum Gasteiger partial charge on any atom is -0.386 e. The molecule has 2 aromatic heterocycles. The van der Waals surface area contributed by atoms with Gasteiger partial charge in [-0.2, -0.15) is 0 Å². The van der Waals surface area contributed by atoms with Crippen LogP contribution >= 0.6 is 11.6 Å². The first-order chi connectivity index (χ1) is 25.1. The minimum atomic E-state index is -1.28. The molecular formula is C40H39ClN4O6. The van der Waals surface area contributed by atoms with Crippen molar-refractivity contribution in [2.75, 3.05) is 6.61 Å². The fourth-order valence-electron chi connectivity index (χ4n) is 6.22. The third kappa shape index (κ3) is 8.69. The van der Waals surface area contributed by atoms with E-state index in [0.29, 0.717) is 17.8 Å². The first kappa shape index (κ1) is 34.9. The van der Waals surface area contributed by atoms with E-state index in [4.69, 9.17) is 35.3 Å². The van der Waals surface area contributed by atoms with Crippen LogP contribution in [0.15, 0.2) is 134 Å². The van der Waals surface area contributed by atoms with Crippen molar-refractivity contribution < 1.29 is 28.8 Å². The summed E-state index contributed by atoms with van der Waals surface area (Å²) in [6.07, 6.45) is -2.66. The first-order valence-electron chi connectivity index (χ1n) is 16.9. The maximum Gasteiger partial charge on any atom is 0.167 e. The Labute approximate surface area is 301 Å². The van der Waals surface area contributed by atoms with E-state index >= 15 is 0 Å². The third-order valence-corrected chi connectivity index (χ3v) is 9.07. The second-order valence-corrected chi connectivity index (χ2v) is 12.7. The lowest BCUT2D eigenvalue weighted by atomic mass is 9.99. The number of benzene rings is 4.